The number of hydrogen-bond donors (Lipinski definition) is 1. The van der Waals surface area contributed by atoms with E-state index in [9.17, 15) is 4.39 Å². The molecule has 1 heterocycles. The summed E-state index contributed by atoms with van der Waals surface area (Å²) in [5.74, 6) is 0. The van der Waals surface area contributed by atoms with Crippen molar-refractivity contribution in [1.82, 2.24) is 0 Å². The summed E-state index contributed by atoms with van der Waals surface area (Å²) in [7, 11) is 0. The van der Waals surface area contributed by atoms with Crippen molar-refractivity contribution in [2.24, 2.45) is 0 Å². The second-order valence-electron chi connectivity index (χ2n) is 1.55. The van der Waals surface area contributed by atoms with Gasteiger partial charge in [-0.15, -0.1) is 0 Å². The molecular formula is C4H7FO3. The molecule has 0 bridgehead atoms. The first-order valence-electron chi connectivity index (χ1n) is 2.34. The number of hydrogen-bond acceptors (Lipinski definition) is 3. The van der Waals surface area contributed by atoms with Crippen LogP contribution in [0.1, 0.15) is 0 Å². The van der Waals surface area contributed by atoms with Crippen LogP contribution in [0.5, 0.6) is 0 Å². The van der Waals surface area contributed by atoms with Crippen molar-refractivity contribution in [1.29, 1.82) is 0 Å². The maximum Gasteiger partial charge on any atom is 0.269 e. The summed E-state index contributed by atoms with van der Waals surface area (Å²) < 4.78 is 20.5. The van der Waals surface area contributed by atoms with E-state index in [4.69, 9.17) is 5.11 Å². The molecule has 0 saturated carbocycles. The summed E-state index contributed by atoms with van der Waals surface area (Å²) in [6, 6.07) is 0. The van der Waals surface area contributed by atoms with Crippen LogP contribution in [0.25, 0.3) is 0 Å². The molecule has 1 aliphatic rings. The molecule has 1 N–H and O–H groups in total. The SMILES string of the molecule is OC1OCC(CF)O1. The summed E-state index contributed by atoms with van der Waals surface area (Å²) in [4.78, 5) is 0. The van der Waals surface area contributed by atoms with Gasteiger partial charge in [0.15, 0.2) is 0 Å². The van der Waals surface area contributed by atoms with Crippen molar-refractivity contribution >= 4 is 0 Å². The van der Waals surface area contributed by atoms with Crippen molar-refractivity contribution in [3.63, 3.8) is 0 Å². The van der Waals surface area contributed by atoms with Gasteiger partial charge in [0.1, 0.15) is 12.8 Å². The summed E-state index contributed by atoms with van der Waals surface area (Å²) in [5, 5.41) is 8.42. The van der Waals surface area contributed by atoms with E-state index in [0.29, 0.717) is 0 Å². The second-order valence-corrected chi connectivity index (χ2v) is 1.55. The Morgan fingerprint density at radius 2 is 2.50 bits per heavy atom. The Balaban J connectivity index is 2.22. The summed E-state index contributed by atoms with van der Waals surface area (Å²) in [6.45, 7) is -1.66. The van der Waals surface area contributed by atoms with E-state index in [1.807, 2.05) is 0 Å². The maximum atomic E-state index is 11.6. The number of aliphatic hydroxyl groups is 1. The molecule has 4 heteroatoms. The first-order chi connectivity index (χ1) is 3.83. The largest absolute Gasteiger partial charge is 0.346 e. The predicted molar refractivity (Wildman–Crippen MR) is 22.8 cm³/mol. The third kappa shape index (κ3) is 1.15. The first kappa shape index (κ1) is 5.94. The Morgan fingerprint density at radius 1 is 1.75 bits per heavy atom. The van der Waals surface area contributed by atoms with Gasteiger partial charge >= 0.3 is 0 Å². The fourth-order valence-corrected chi connectivity index (χ4v) is 0.514. The van der Waals surface area contributed by atoms with Gasteiger partial charge in [-0.1, -0.05) is 0 Å². The lowest BCUT2D eigenvalue weighted by atomic mass is 10.4. The third-order valence-electron chi connectivity index (χ3n) is 0.906. The lowest BCUT2D eigenvalue weighted by Crippen LogP contribution is -2.13. The van der Waals surface area contributed by atoms with E-state index in [1.54, 1.807) is 0 Å². The maximum absolute atomic E-state index is 11.6. The Kier molecular flexibility index (Phi) is 1.77. The van der Waals surface area contributed by atoms with Gasteiger partial charge in [0.25, 0.3) is 6.48 Å². The van der Waals surface area contributed by atoms with Gasteiger partial charge in [0.05, 0.1) is 6.61 Å². The fraction of sp³-hybridized carbons (Fsp3) is 1.00. The number of aliphatic hydroxyl groups excluding tert-OH is 1. The van der Waals surface area contributed by atoms with Crippen molar-refractivity contribution in [3.05, 3.63) is 0 Å². The summed E-state index contributed by atoms with van der Waals surface area (Å²) >= 11 is 0. The van der Waals surface area contributed by atoms with E-state index >= 15 is 0 Å². The topological polar surface area (TPSA) is 38.7 Å². The average Bonchev–Trinajstić information content (AvgIpc) is 2.14. The second kappa shape index (κ2) is 2.39. The minimum absolute atomic E-state index is 0.150. The fourth-order valence-electron chi connectivity index (χ4n) is 0.514. The van der Waals surface area contributed by atoms with Crippen LogP contribution in [0.3, 0.4) is 0 Å². The Bertz CT molecular complexity index is 77.7. The molecule has 1 aliphatic heterocycles. The quantitative estimate of drug-likeness (QED) is 0.516. The zero-order valence-electron chi connectivity index (χ0n) is 4.21. The number of ether oxygens (including phenoxy) is 2. The van der Waals surface area contributed by atoms with Crippen LogP contribution in [-0.4, -0.2) is 31.0 Å². The smallest absolute Gasteiger partial charge is 0.269 e. The number of halogens is 1. The molecule has 3 nitrogen and oxygen atoms in total. The van der Waals surface area contributed by atoms with Gasteiger partial charge in [-0.05, 0) is 0 Å². The highest BCUT2D eigenvalue weighted by molar-refractivity contribution is 4.57. The Labute approximate surface area is 46.0 Å². The molecule has 8 heavy (non-hydrogen) atoms. The van der Waals surface area contributed by atoms with Crippen molar-refractivity contribution < 1.29 is 19.0 Å². The summed E-state index contributed by atoms with van der Waals surface area (Å²) in [6.07, 6.45) is -0.565. The molecule has 0 spiro atoms. The van der Waals surface area contributed by atoms with E-state index < -0.39 is 19.3 Å². The molecular weight excluding hydrogens is 115 g/mol. The summed E-state index contributed by atoms with van der Waals surface area (Å²) in [5.41, 5.74) is 0. The van der Waals surface area contributed by atoms with Crippen LogP contribution in [0.15, 0.2) is 0 Å². The molecule has 0 aromatic rings. The van der Waals surface area contributed by atoms with Gasteiger partial charge in [-0.2, -0.15) is 0 Å². The monoisotopic (exact) mass is 122 g/mol. The molecule has 48 valence electrons. The zero-order valence-corrected chi connectivity index (χ0v) is 4.21. The van der Waals surface area contributed by atoms with Gasteiger partial charge < -0.3 is 14.6 Å². The molecule has 2 atom stereocenters. The minimum Gasteiger partial charge on any atom is -0.346 e. The Morgan fingerprint density at radius 3 is 2.75 bits per heavy atom. The van der Waals surface area contributed by atoms with Crippen LogP contribution in [0.4, 0.5) is 4.39 Å². The predicted octanol–water partition coefficient (Wildman–Crippen LogP) is -0.353. The molecule has 2 unspecified atom stereocenters. The molecule has 0 radical (unpaired) electrons. The van der Waals surface area contributed by atoms with Crippen LogP contribution in [-0.2, 0) is 9.47 Å². The van der Waals surface area contributed by atoms with Gasteiger partial charge in [-0.3, -0.25) is 0 Å². The third-order valence-corrected chi connectivity index (χ3v) is 0.906. The molecule has 1 rings (SSSR count). The first-order valence-corrected chi connectivity index (χ1v) is 2.34. The highest BCUT2D eigenvalue weighted by Gasteiger charge is 2.23. The van der Waals surface area contributed by atoms with E-state index in [2.05, 4.69) is 9.47 Å². The molecule has 0 aromatic carbocycles. The molecule has 0 aliphatic carbocycles. The van der Waals surface area contributed by atoms with E-state index in [-0.39, 0.29) is 6.61 Å². The number of alkyl halides is 1. The van der Waals surface area contributed by atoms with Crippen molar-refractivity contribution in [3.8, 4) is 0 Å². The molecule has 0 amide bonds. The molecule has 1 fully saturated rings. The van der Waals surface area contributed by atoms with Crippen LogP contribution >= 0.6 is 0 Å². The normalized spacial score (nSPS) is 38.2. The van der Waals surface area contributed by atoms with Crippen LogP contribution in [0.2, 0.25) is 0 Å². The van der Waals surface area contributed by atoms with E-state index in [1.165, 1.54) is 0 Å². The zero-order chi connectivity index (χ0) is 5.98. The van der Waals surface area contributed by atoms with Crippen molar-refractivity contribution in [2.75, 3.05) is 13.3 Å². The Hall–Kier alpha value is -0.190. The standard InChI is InChI=1S/C4H7FO3/c5-1-3-2-7-4(6)8-3/h3-4,6H,1-2H2. The minimum atomic E-state index is -1.21. The van der Waals surface area contributed by atoms with Gasteiger partial charge in [0, 0.05) is 0 Å². The molecule has 1 saturated heterocycles. The average molecular weight is 122 g/mol. The highest BCUT2D eigenvalue weighted by atomic mass is 19.1. The van der Waals surface area contributed by atoms with Crippen molar-refractivity contribution in [2.45, 2.75) is 12.6 Å². The van der Waals surface area contributed by atoms with Gasteiger partial charge in [-0.25, -0.2) is 4.39 Å². The highest BCUT2D eigenvalue weighted by Crippen LogP contribution is 2.08. The van der Waals surface area contributed by atoms with Gasteiger partial charge in [0.2, 0.25) is 0 Å². The number of rotatable bonds is 1. The lowest BCUT2D eigenvalue weighted by Gasteiger charge is -1.99. The lowest BCUT2D eigenvalue weighted by molar-refractivity contribution is -0.205. The van der Waals surface area contributed by atoms with Crippen LogP contribution in [0, 0.1) is 0 Å². The van der Waals surface area contributed by atoms with E-state index in [0.717, 1.165) is 0 Å². The molecule has 0 aromatic heterocycles. The van der Waals surface area contributed by atoms with Crippen LogP contribution < -0.4 is 0 Å².